The van der Waals surface area contributed by atoms with Crippen LogP contribution in [0.5, 0.6) is 0 Å². The van der Waals surface area contributed by atoms with Crippen molar-refractivity contribution in [2.24, 2.45) is 18.4 Å². The van der Waals surface area contributed by atoms with E-state index in [4.69, 9.17) is 5.73 Å². The van der Waals surface area contributed by atoms with E-state index in [1.54, 1.807) is 6.20 Å². The molecule has 2 atom stereocenters. The molecule has 5 nitrogen and oxygen atoms in total. The van der Waals surface area contributed by atoms with Crippen molar-refractivity contribution in [1.29, 1.82) is 5.26 Å². The summed E-state index contributed by atoms with van der Waals surface area (Å²) in [6.45, 7) is 6.46. The Morgan fingerprint density at radius 3 is 2.96 bits per heavy atom. The molecule has 1 saturated carbocycles. The summed E-state index contributed by atoms with van der Waals surface area (Å²) in [5.41, 5.74) is 10.3. The van der Waals surface area contributed by atoms with Gasteiger partial charge in [-0.15, -0.1) is 0 Å². The quantitative estimate of drug-likeness (QED) is 0.738. The molecule has 4 rings (SSSR count). The summed E-state index contributed by atoms with van der Waals surface area (Å²) in [7, 11) is 1.92. The number of nitriles is 1. The third kappa shape index (κ3) is 2.21. The Labute approximate surface area is 146 Å². The van der Waals surface area contributed by atoms with Crippen molar-refractivity contribution >= 4 is 27.6 Å². The molecule has 2 aromatic heterocycles. The van der Waals surface area contributed by atoms with Crippen LogP contribution in [0.3, 0.4) is 0 Å². The molecular formula is C20H21N5. The highest BCUT2D eigenvalue weighted by Crippen LogP contribution is 2.60. The monoisotopic (exact) mass is 331 g/mol. The van der Waals surface area contributed by atoms with Crippen LogP contribution in [0.1, 0.15) is 25.3 Å². The molecule has 2 N–H and O–H groups in total. The average Bonchev–Trinajstić information content (AvgIpc) is 3.22. The van der Waals surface area contributed by atoms with Crippen molar-refractivity contribution in [2.75, 3.05) is 5.73 Å². The Morgan fingerprint density at radius 2 is 2.28 bits per heavy atom. The van der Waals surface area contributed by atoms with Crippen LogP contribution in [0.2, 0.25) is 0 Å². The number of nitrogen functional groups attached to an aromatic ring is 1. The van der Waals surface area contributed by atoms with Gasteiger partial charge in [-0.1, -0.05) is 25.1 Å². The van der Waals surface area contributed by atoms with Crippen molar-refractivity contribution in [3.8, 4) is 6.07 Å². The number of hydrogen-bond acceptors (Lipinski definition) is 4. The van der Waals surface area contributed by atoms with Crippen molar-refractivity contribution in [3.63, 3.8) is 0 Å². The van der Waals surface area contributed by atoms with E-state index >= 15 is 0 Å². The van der Waals surface area contributed by atoms with E-state index < -0.39 is 0 Å². The molecule has 5 heteroatoms. The van der Waals surface area contributed by atoms with Crippen molar-refractivity contribution in [2.45, 2.75) is 26.2 Å². The number of benzene rings is 1. The predicted octanol–water partition coefficient (Wildman–Crippen LogP) is 3.74. The highest BCUT2D eigenvalue weighted by atomic mass is 15.3. The first-order valence-electron chi connectivity index (χ1n) is 8.58. The minimum Gasteiger partial charge on any atom is -0.383 e. The van der Waals surface area contributed by atoms with Crippen LogP contribution in [-0.4, -0.2) is 14.8 Å². The summed E-state index contributed by atoms with van der Waals surface area (Å²) in [6, 6.07) is 8.66. The first-order valence-corrected chi connectivity index (χ1v) is 8.58. The van der Waals surface area contributed by atoms with E-state index in [2.05, 4.69) is 41.8 Å². The van der Waals surface area contributed by atoms with Gasteiger partial charge in [0.05, 0.1) is 34.6 Å². The van der Waals surface area contributed by atoms with Gasteiger partial charge < -0.3 is 5.73 Å². The third-order valence-corrected chi connectivity index (χ3v) is 5.76. The molecule has 2 heterocycles. The zero-order valence-corrected chi connectivity index (χ0v) is 14.6. The molecule has 0 amide bonds. The zero-order valence-electron chi connectivity index (χ0n) is 14.6. The molecule has 126 valence electrons. The Morgan fingerprint density at radius 1 is 1.48 bits per heavy atom. The fourth-order valence-electron chi connectivity index (χ4n) is 4.04. The Hall–Kier alpha value is -2.87. The second-order valence-electron chi connectivity index (χ2n) is 7.05. The smallest absolute Gasteiger partial charge is 0.135 e. The minimum absolute atomic E-state index is 0.00488. The largest absolute Gasteiger partial charge is 0.383 e. The summed E-state index contributed by atoms with van der Waals surface area (Å²) >= 11 is 0. The number of fused-ring (bicyclic) bond motifs is 3. The van der Waals surface area contributed by atoms with Crippen LogP contribution in [0.15, 0.2) is 36.5 Å². The van der Waals surface area contributed by atoms with Gasteiger partial charge in [0, 0.05) is 17.8 Å². The van der Waals surface area contributed by atoms with Crippen LogP contribution in [0, 0.1) is 22.7 Å². The number of allylic oxidation sites excluding steroid dienone is 1. The molecule has 0 bridgehead atoms. The fourth-order valence-corrected chi connectivity index (χ4v) is 4.04. The van der Waals surface area contributed by atoms with Gasteiger partial charge in [-0.3, -0.25) is 4.68 Å². The number of aromatic nitrogens is 3. The summed E-state index contributed by atoms with van der Waals surface area (Å²) in [5.74, 6) is 0.628. The van der Waals surface area contributed by atoms with Crippen LogP contribution in [0.25, 0.3) is 21.8 Å². The SMILES string of the molecule is C=C(Cc1ccc2nc(N)c3cnn(C)c3c2c1)C1(CC)CC1C#N. The van der Waals surface area contributed by atoms with Crippen LogP contribution < -0.4 is 5.73 Å². The molecule has 0 radical (unpaired) electrons. The number of aryl methyl sites for hydroxylation is 1. The lowest BCUT2D eigenvalue weighted by Gasteiger charge is -2.17. The van der Waals surface area contributed by atoms with Crippen LogP contribution >= 0.6 is 0 Å². The summed E-state index contributed by atoms with van der Waals surface area (Å²) in [5, 5.41) is 15.5. The van der Waals surface area contributed by atoms with Gasteiger partial charge in [0.15, 0.2) is 0 Å². The van der Waals surface area contributed by atoms with Gasteiger partial charge in [0.2, 0.25) is 0 Å². The first kappa shape index (κ1) is 15.6. The maximum Gasteiger partial charge on any atom is 0.135 e. The van der Waals surface area contributed by atoms with Crippen molar-refractivity contribution in [3.05, 3.63) is 42.1 Å². The second kappa shape index (κ2) is 5.32. The molecule has 1 aliphatic carbocycles. The van der Waals surface area contributed by atoms with Gasteiger partial charge in [0.1, 0.15) is 5.82 Å². The highest BCUT2D eigenvalue weighted by Gasteiger charge is 2.54. The van der Waals surface area contributed by atoms with Crippen LogP contribution in [0.4, 0.5) is 5.82 Å². The normalized spacial score (nSPS) is 22.2. The number of pyridine rings is 1. The Bertz CT molecular complexity index is 1060. The fraction of sp³-hybridized carbons (Fsp3) is 0.350. The maximum atomic E-state index is 9.26. The standard InChI is InChI=1S/C20H21N5/c1-4-20(9-14(20)10-21)12(2)7-13-5-6-17-15(8-13)18-16(19(22)24-17)11-23-25(18)3/h5-6,8,11,14H,2,4,7,9H2,1,3H3,(H2,22,24). The van der Waals surface area contributed by atoms with Crippen molar-refractivity contribution < 1.29 is 0 Å². The molecule has 1 fully saturated rings. The lowest BCUT2D eigenvalue weighted by molar-refractivity contribution is 0.543. The number of rotatable bonds is 4. The molecule has 25 heavy (non-hydrogen) atoms. The molecule has 0 spiro atoms. The molecular weight excluding hydrogens is 310 g/mol. The first-order chi connectivity index (χ1) is 12.0. The van der Waals surface area contributed by atoms with Gasteiger partial charge in [-0.05, 0) is 37.0 Å². The second-order valence-corrected chi connectivity index (χ2v) is 7.05. The predicted molar refractivity (Wildman–Crippen MR) is 99.7 cm³/mol. The van der Waals surface area contributed by atoms with Gasteiger partial charge in [-0.2, -0.15) is 10.4 Å². The van der Waals surface area contributed by atoms with Gasteiger partial charge >= 0.3 is 0 Å². The van der Waals surface area contributed by atoms with Gasteiger partial charge in [-0.25, -0.2) is 4.98 Å². The third-order valence-electron chi connectivity index (χ3n) is 5.76. The van der Waals surface area contributed by atoms with E-state index in [1.165, 1.54) is 5.56 Å². The molecule has 1 aliphatic rings. The topological polar surface area (TPSA) is 80.5 Å². The lowest BCUT2D eigenvalue weighted by atomic mass is 9.87. The molecule has 2 unspecified atom stereocenters. The highest BCUT2D eigenvalue weighted by molar-refractivity contribution is 6.07. The Kier molecular flexibility index (Phi) is 3.33. The van der Waals surface area contributed by atoms with Crippen LogP contribution in [-0.2, 0) is 13.5 Å². The molecule has 0 aliphatic heterocycles. The van der Waals surface area contributed by atoms with E-state index in [9.17, 15) is 5.26 Å². The minimum atomic E-state index is 0.00488. The number of nitrogens with zero attached hydrogens (tertiary/aromatic N) is 4. The number of anilines is 1. The Balaban J connectivity index is 1.76. The zero-order chi connectivity index (χ0) is 17.8. The summed E-state index contributed by atoms with van der Waals surface area (Å²) in [4.78, 5) is 4.50. The number of hydrogen-bond donors (Lipinski definition) is 1. The molecule has 3 aromatic rings. The van der Waals surface area contributed by atoms with E-state index in [0.717, 1.165) is 46.6 Å². The van der Waals surface area contributed by atoms with E-state index in [0.29, 0.717) is 5.82 Å². The molecule has 0 saturated heterocycles. The average molecular weight is 331 g/mol. The van der Waals surface area contributed by atoms with Gasteiger partial charge in [0.25, 0.3) is 0 Å². The summed E-state index contributed by atoms with van der Waals surface area (Å²) < 4.78 is 1.84. The molecule has 1 aromatic carbocycles. The number of nitrogens with two attached hydrogens (primary N) is 1. The van der Waals surface area contributed by atoms with Crippen molar-refractivity contribution in [1.82, 2.24) is 14.8 Å². The van der Waals surface area contributed by atoms with E-state index in [-0.39, 0.29) is 11.3 Å². The van der Waals surface area contributed by atoms with E-state index in [1.807, 2.05) is 17.8 Å². The summed E-state index contributed by atoms with van der Waals surface area (Å²) in [6.07, 6.45) is 4.46. The lowest BCUT2D eigenvalue weighted by Crippen LogP contribution is -2.08. The maximum absolute atomic E-state index is 9.26.